The molecule has 1 aliphatic carbocycles. The highest BCUT2D eigenvalue weighted by Crippen LogP contribution is 2.03. The van der Waals surface area contributed by atoms with Crippen LogP contribution in [0.2, 0.25) is 0 Å². The van der Waals surface area contributed by atoms with Crippen molar-refractivity contribution in [3.8, 4) is 0 Å². The minimum atomic E-state index is 0.194. The largest absolute Gasteiger partial charge is 0.377 e. The van der Waals surface area contributed by atoms with Crippen LogP contribution in [0.25, 0.3) is 0 Å². The quantitative estimate of drug-likeness (QED) is 0.493. The van der Waals surface area contributed by atoms with E-state index >= 15 is 0 Å². The topological polar surface area (TPSA) is 9.23 Å². The Morgan fingerprint density at radius 3 is 2.50 bits per heavy atom. The Morgan fingerprint density at radius 2 is 2.12 bits per heavy atom. The smallest absolute Gasteiger partial charge is 0.0824 e. The molecule has 0 unspecified atom stereocenters. The van der Waals surface area contributed by atoms with Crippen LogP contribution in [0.1, 0.15) is 0 Å². The highest BCUT2D eigenvalue weighted by atomic mass is 16.5. The number of ether oxygens (including phenoxy) is 1. The fourth-order valence-electron chi connectivity index (χ4n) is 0.633. The third-order valence-electron chi connectivity index (χ3n) is 1.10. The third kappa shape index (κ3) is 1.20. The van der Waals surface area contributed by atoms with Crippen LogP contribution >= 0.6 is 0 Å². The summed E-state index contributed by atoms with van der Waals surface area (Å²) in [6, 6.07) is 0. The minimum Gasteiger partial charge on any atom is -0.377 e. The first-order valence-corrected chi connectivity index (χ1v) is 2.64. The van der Waals surface area contributed by atoms with Gasteiger partial charge < -0.3 is 4.74 Å². The minimum absolute atomic E-state index is 0.194. The lowest BCUT2D eigenvalue weighted by Crippen LogP contribution is -2.06. The number of methoxy groups -OCH3 is 1. The summed E-state index contributed by atoms with van der Waals surface area (Å²) in [6.07, 6.45) is 10.1. The first-order valence-electron chi connectivity index (χ1n) is 2.64. The van der Waals surface area contributed by atoms with Gasteiger partial charge in [-0.2, -0.15) is 0 Å². The summed E-state index contributed by atoms with van der Waals surface area (Å²) in [6.45, 7) is 0. The molecule has 0 aromatic carbocycles. The normalized spacial score (nSPS) is 26.4. The van der Waals surface area contributed by atoms with Gasteiger partial charge in [0.05, 0.1) is 6.10 Å². The predicted molar refractivity (Wildman–Crippen MR) is 33.4 cm³/mol. The summed E-state index contributed by atoms with van der Waals surface area (Å²) in [5, 5.41) is 0. The molecule has 0 aromatic heterocycles. The Balaban J connectivity index is 2.40. The fourth-order valence-corrected chi connectivity index (χ4v) is 0.633. The second-order valence-corrected chi connectivity index (χ2v) is 1.66. The van der Waals surface area contributed by atoms with Crippen molar-refractivity contribution < 1.29 is 4.74 Å². The van der Waals surface area contributed by atoms with E-state index in [1.165, 1.54) is 0 Å². The van der Waals surface area contributed by atoms with Gasteiger partial charge in [-0.25, -0.2) is 0 Å². The van der Waals surface area contributed by atoms with Gasteiger partial charge in [-0.15, -0.1) is 0 Å². The molecule has 1 rings (SSSR count). The first-order chi connectivity index (χ1) is 3.93. The molecule has 1 radical (unpaired) electrons. The Hall–Kier alpha value is -0.560. The Kier molecular flexibility index (Phi) is 1.86. The molecule has 0 fully saturated rings. The lowest BCUT2D eigenvalue weighted by molar-refractivity contribution is 0.168. The fraction of sp³-hybridized carbons (Fsp3) is 0.286. The number of hydrogen-bond donors (Lipinski definition) is 0. The zero-order chi connectivity index (χ0) is 5.82. The lowest BCUT2D eigenvalue weighted by Gasteiger charge is -2.08. The molecule has 1 nitrogen and oxygen atoms in total. The molecule has 43 valence electrons. The van der Waals surface area contributed by atoms with Crippen molar-refractivity contribution in [3.63, 3.8) is 0 Å². The molecule has 1 aliphatic rings. The van der Waals surface area contributed by atoms with E-state index < -0.39 is 0 Å². The van der Waals surface area contributed by atoms with Crippen molar-refractivity contribution in [1.29, 1.82) is 0 Å². The highest BCUT2D eigenvalue weighted by Gasteiger charge is 2.00. The molecule has 0 heterocycles. The molecule has 0 bridgehead atoms. The van der Waals surface area contributed by atoms with Crippen LogP contribution in [0, 0.1) is 6.42 Å². The molecule has 0 N–H and O–H groups in total. The van der Waals surface area contributed by atoms with Gasteiger partial charge in [-0.1, -0.05) is 24.3 Å². The van der Waals surface area contributed by atoms with Gasteiger partial charge in [0, 0.05) is 13.5 Å². The Labute approximate surface area is 49.7 Å². The van der Waals surface area contributed by atoms with Crippen molar-refractivity contribution in [2.24, 2.45) is 0 Å². The summed E-state index contributed by atoms with van der Waals surface area (Å²) in [5.74, 6) is 0. The van der Waals surface area contributed by atoms with E-state index in [0.717, 1.165) is 0 Å². The van der Waals surface area contributed by atoms with Crippen LogP contribution in [0.3, 0.4) is 0 Å². The number of allylic oxidation sites excluding steroid dienone is 2. The summed E-state index contributed by atoms with van der Waals surface area (Å²) < 4.78 is 5.00. The van der Waals surface area contributed by atoms with E-state index in [1.807, 2.05) is 30.7 Å². The standard InChI is InChI=1S/C7H9O/c1-8-7-5-3-2-4-6-7/h2-7H,1H3. The molecule has 8 heavy (non-hydrogen) atoms. The van der Waals surface area contributed by atoms with Crippen molar-refractivity contribution in [2.45, 2.75) is 6.10 Å². The molecule has 0 aromatic rings. The van der Waals surface area contributed by atoms with E-state index in [2.05, 4.69) is 0 Å². The molecular weight excluding hydrogens is 100 g/mol. The first kappa shape index (κ1) is 5.57. The van der Waals surface area contributed by atoms with E-state index in [9.17, 15) is 0 Å². The van der Waals surface area contributed by atoms with Gasteiger partial charge in [0.15, 0.2) is 0 Å². The Bertz CT molecular complexity index is 114. The summed E-state index contributed by atoms with van der Waals surface area (Å²) in [7, 11) is 1.70. The van der Waals surface area contributed by atoms with Crippen LogP contribution in [0.5, 0.6) is 0 Å². The number of hydrogen-bond acceptors (Lipinski definition) is 1. The second-order valence-electron chi connectivity index (χ2n) is 1.66. The summed E-state index contributed by atoms with van der Waals surface area (Å²) >= 11 is 0. The van der Waals surface area contributed by atoms with Crippen LogP contribution in [-0.2, 0) is 4.74 Å². The van der Waals surface area contributed by atoms with Crippen LogP contribution in [0.4, 0.5) is 0 Å². The maximum Gasteiger partial charge on any atom is 0.0824 e. The molecular formula is C7H9O. The molecule has 1 heteroatoms. The summed E-state index contributed by atoms with van der Waals surface area (Å²) in [4.78, 5) is 0. The molecule has 0 saturated heterocycles. The van der Waals surface area contributed by atoms with Gasteiger partial charge in [0.2, 0.25) is 0 Å². The van der Waals surface area contributed by atoms with Gasteiger partial charge >= 0.3 is 0 Å². The van der Waals surface area contributed by atoms with Crippen molar-refractivity contribution in [1.82, 2.24) is 0 Å². The highest BCUT2D eigenvalue weighted by molar-refractivity contribution is 5.19. The van der Waals surface area contributed by atoms with E-state index in [0.29, 0.717) is 0 Å². The van der Waals surface area contributed by atoms with Crippen molar-refractivity contribution >= 4 is 0 Å². The maximum absolute atomic E-state index is 5.00. The van der Waals surface area contributed by atoms with Gasteiger partial charge in [0.25, 0.3) is 0 Å². The molecule has 0 amide bonds. The van der Waals surface area contributed by atoms with E-state index in [-0.39, 0.29) is 6.10 Å². The van der Waals surface area contributed by atoms with Crippen LogP contribution < -0.4 is 0 Å². The summed E-state index contributed by atoms with van der Waals surface area (Å²) in [5.41, 5.74) is 0. The average Bonchev–Trinajstić information content (AvgIpc) is 1.90. The predicted octanol–water partition coefficient (Wildman–Crippen LogP) is 1.33. The molecule has 0 spiro atoms. The lowest BCUT2D eigenvalue weighted by atomic mass is 10.1. The van der Waals surface area contributed by atoms with Crippen LogP contribution in [-0.4, -0.2) is 13.2 Å². The van der Waals surface area contributed by atoms with Gasteiger partial charge in [-0.3, -0.25) is 0 Å². The SMILES string of the molecule is CO[C@@H]1[CH]C=CC=C1. The van der Waals surface area contributed by atoms with Crippen molar-refractivity contribution in [3.05, 3.63) is 30.7 Å². The maximum atomic E-state index is 5.00. The third-order valence-corrected chi connectivity index (χ3v) is 1.10. The van der Waals surface area contributed by atoms with E-state index in [1.54, 1.807) is 7.11 Å². The van der Waals surface area contributed by atoms with Crippen LogP contribution in [0.15, 0.2) is 24.3 Å². The second kappa shape index (κ2) is 2.68. The zero-order valence-electron chi connectivity index (χ0n) is 4.87. The molecule has 1 atom stereocenters. The van der Waals surface area contributed by atoms with E-state index in [4.69, 9.17) is 4.74 Å². The molecule has 0 aliphatic heterocycles. The average molecular weight is 109 g/mol. The van der Waals surface area contributed by atoms with Gasteiger partial charge in [0.1, 0.15) is 0 Å². The van der Waals surface area contributed by atoms with Crippen molar-refractivity contribution in [2.75, 3.05) is 7.11 Å². The molecule has 0 saturated carbocycles. The van der Waals surface area contributed by atoms with Gasteiger partial charge in [-0.05, 0) is 0 Å². The monoisotopic (exact) mass is 109 g/mol. The zero-order valence-corrected chi connectivity index (χ0v) is 4.87. The Morgan fingerprint density at radius 1 is 1.25 bits per heavy atom. The number of rotatable bonds is 1.